The van der Waals surface area contributed by atoms with E-state index in [-0.39, 0.29) is 18.6 Å². The lowest BCUT2D eigenvalue weighted by molar-refractivity contribution is -0.156. The van der Waals surface area contributed by atoms with Crippen LogP contribution in [-0.2, 0) is 14.3 Å². The van der Waals surface area contributed by atoms with E-state index in [1.807, 2.05) is 6.92 Å². The van der Waals surface area contributed by atoms with Crippen molar-refractivity contribution in [1.29, 1.82) is 0 Å². The number of nitrogens with zero attached hydrogens (tertiary/aromatic N) is 1. The van der Waals surface area contributed by atoms with Crippen molar-refractivity contribution in [3.8, 4) is 0 Å². The zero-order valence-corrected chi connectivity index (χ0v) is 12.8. The van der Waals surface area contributed by atoms with E-state index < -0.39 is 11.4 Å². The van der Waals surface area contributed by atoms with Crippen molar-refractivity contribution in [2.45, 2.75) is 45.1 Å². The van der Waals surface area contributed by atoms with Crippen molar-refractivity contribution >= 4 is 11.9 Å². The van der Waals surface area contributed by atoms with E-state index in [1.165, 1.54) is 0 Å². The van der Waals surface area contributed by atoms with Gasteiger partial charge in [0, 0.05) is 13.1 Å². The molecule has 2 aliphatic heterocycles. The summed E-state index contributed by atoms with van der Waals surface area (Å²) in [5, 5.41) is 12.7. The van der Waals surface area contributed by atoms with E-state index in [0.717, 1.165) is 32.4 Å². The number of likely N-dealkylation sites (tertiary alicyclic amines) is 1. The molecule has 0 aromatic rings. The summed E-state index contributed by atoms with van der Waals surface area (Å²) in [6, 6.07) is 0. The molecule has 0 saturated carbocycles. The van der Waals surface area contributed by atoms with Crippen LogP contribution in [0.3, 0.4) is 0 Å². The van der Waals surface area contributed by atoms with Gasteiger partial charge in [-0.15, -0.1) is 0 Å². The van der Waals surface area contributed by atoms with Crippen LogP contribution in [0.5, 0.6) is 0 Å². The minimum atomic E-state index is -0.790. The molecule has 0 radical (unpaired) electrons. The molecule has 1 unspecified atom stereocenters. The van der Waals surface area contributed by atoms with Crippen LogP contribution in [0.2, 0.25) is 0 Å². The number of piperidine rings is 2. The Morgan fingerprint density at radius 3 is 2.71 bits per heavy atom. The van der Waals surface area contributed by atoms with E-state index in [9.17, 15) is 14.7 Å². The molecule has 2 aliphatic rings. The molecule has 1 amide bonds. The van der Waals surface area contributed by atoms with Crippen LogP contribution < -0.4 is 5.32 Å². The zero-order chi connectivity index (χ0) is 15.3. The van der Waals surface area contributed by atoms with Crippen LogP contribution in [0.1, 0.15) is 39.0 Å². The van der Waals surface area contributed by atoms with Gasteiger partial charge in [0.15, 0.2) is 0 Å². The molecule has 120 valence electrons. The number of carboxylic acid groups (broad SMARTS) is 1. The maximum absolute atomic E-state index is 12.3. The highest BCUT2D eigenvalue weighted by molar-refractivity contribution is 5.80. The van der Waals surface area contributed by atoms with Crippen LogP contribution >= 0.6 is 0 Å². The molecule has 6 heteroatoms. The van der Waals surface area contributed by atoms with Crippen LogP contribution in [-0.4, -0.2) is 60.8 Å². The summed E-state index contributed by atoms with van der Waals surface area (Å²) in [4.78, 5) is 25.4. The van der Waals surface area contributed by atoms with Gasteiger partial charge in [-0.2, -0.15) is 0 Å². The van der Waals surface area contributed by atoms with Gasteiger partial charge in [-0.25, -0.2) is 0 Å². The van der Waals surface area contributed by atoms with Crippen molar-refractivity contribution in [2.75, 3.05) is 32.8 Å². The van der Waals surface area contributed by atoms with Crippen LogP contribution in [0.4, 0.5) is 0 Å². The highest BCUT2D eigenvalue weighted by Gasteiger charge is 2.42. The number of ether oxygens (including phenoxy) is 1. The topological polar surface area (TPSA) is 78.9 Å². The Hall–Kier alpha value is -1.14. The van der Waals surface area contributed by atoms with E-state index in [4.69, 9.17) is 4.74 Å². The second-order valence-corrected chi connectivity index (χ2v) is 6.12. The molecular formula is C15H26N2O4. The van der Waals surface area contributed by atoms with E-state index in [0.29, 0.717) is 25.9 Å². The Morgan fingerprint density at radius 2 is 2.10 bits per heavy atom. The summed E-state index contributed by atoms with van der Waals surface area (Å²) < 4.78 is 5.68. The number of carbonyl (C=O) groups excluding carboxylic acids is 1. The highest BCUT2D eigenvalue weighted by Crippen LogP contribution is 2.33. The molecule has 21 heavy (non-hydrogen) atoms. The standard InChI is InChI=1S/C15H26N2O4/c1-2-15(14(19)20)6-3-9-17(11-15)13(18)10-21-12-4-7-16-8-5-12/h12,16H,2-11H2,1H3,(H,19,20). The first-order valence-electron chi connectivity index (χ1n) is 7.91. The SMILES string of the molecule is CCC1(C(=O)O)CCCN(C(=O)COC2CCNCC2)C1. The Bertz CT molecular complexity index is 382. The van der Waals surface area contributed by atoms with Gasteiger partial charge in [-0.1, -0.05) is 6.92 Å². The normalized spacial score (nSPS) is 27.6. The smallest absolute Gasteiger partial charge is 0.311 e. The van der Waals surface area contributed by atoms with Crippen molar-refractivity contribution in [2.24, 2.45) is 5.41 Å². The molecule has 2 fully saturated rings. The lowest BCUT2D eigenvalue weighted by Crippen LogP contribution is -2.50. The monoisotopic (exact) mass is 298 g/mol. The summed E-state index contributed by atoms with van der Waals surface area (Å²) in [5.74, 6) is -0.867. The summed E-state index contributed by atoms with van der Waals surface area (Å²) in [7, 11) is 0. The Morgan fingerprint density at radius 1 is 1.38 bits per heavy atom. The maximum atomic E-state index is 12.3. The first-order valence-corrected chi connectivity index (χ1v) is 7.91. The van der Waals surface area contributed by atoms with Crippen molar-refractivity contribution in [3.05, 3.63) is 0 Å². The lowest BCUT2D eigenvalue weighted by Gasteiger charge is -2.39. The van der Waals surface area contributed by atoms with Gasteiger partial charge in [-0.05, 0) is 45.2 Å². The number of amides is 1. The highest BCUT2D eigenvalue weighted by atomic mass is 16.5. The average Bonchev–Trinajstić information content (AvgIpc) is 2.53. The van der Waals surface area contributed by atoms with E-state index in [1.54, 1.807) is 4.90 Å². The molecule has 0 spiro atoms. The van der Waals surface area contributed by atoms with Crippen LogP contribution in [0, 0.1) is 5.41 Å². The third-order valence-corrected chi connectivity index (χ3v) is 4.79. The van der Waals surface area contributed by atoms with E-state index in [2.05, 4.69) is 5.32 Å². The minimum Gasteiger partial charge on any atom is -0.481 e. The number of carboxylic acids is 1. The molecule has 0 aliphatic carbocycles. The Kier molecular flexibility index (Phi) is 5.58. The van der Waals surface area contributed by atoms with Gasteiger partial charge in [0.25, 0.3) is 0 Å². The number of aliphatic carboxylic acids is 1. The number of hydrogen-bond donors (Lipinski definition) is 2. The van der Waals surface area contributed by atoms with Gasteiger partial charge in [0.1, 0.15) is 6.61 Å². The molecule has 2 saturated heterocycles. The molecule has 2 rings (SSSR count). The van der Waals surface area contributed by atoms with Gasteiger partial charge < -0.3 is 20.1 Å². The number of hydrogen-bond acceptors (Lipinski definition) is 4. The third kappa shape index (κ3) is 3.95. The predicted molar refractivity (Wildman–Crippen MR) is 78.0 cm³/mol. The van der Waals surface area contributed by atoms with Crippen LogP contribution in [0.25, 0.3) is 0 Å². The summed E-state index contributed by atoms with van der Waals surface area (Å²) in [6.07, 6.45) is 3.97. The fraction of sp³-hybridized carbons (Fsp3) is 0.867. The average molecular weight is 298 g/mol. The van der Waals surface area contributed by atoms with Crippen molar-refractivity contribution in [3.63, 3.8) is 0 Å². The molecule has 0 aromatic heterocycles. The number of nitrogens with one attached hydrogen (secondary N) is 1. The summed E-state index contributed by atoms with van der Waals surface area (Å²) >= 11 is 0. The third-order valence-electron chi connectivity index (χ3n) is 4.79. The van der Waals surface area contributed by atoms with Gasteiger partial charge in [-0.3, -0.25) is 9.59 Å². The van der Waals surface area contributed by atoms with E-state index >= 15 is 0 Å². The maximum Gasteiger partial charge on any atom is 0.311 e. The second-order valence-electron chi connectivity index (χ2n) is 6.12. The number of rotatable bonds is 5. The minimum absolute atomic E-state index is 0.0735. The van der Waals surface area contributed by atoms with Crippen LogP contribution in [0.15, 0.2) is 0 Å². The lowest BCUT2D eigenvalue weighted by atomic mass is 9.77. The number of carbonyl (C=O) groups is 2. The molecule has 0 bridgehead atoms. The largest absolute Gasteiger partial charge is 0.481 e. The fourth-order valence-electron chi connectivity index (χ4n) is 3.20. The first kappa shape index (κ1) is 16.2. The predicted octanol–water partition coefficient (Wildman–Crippen LogP) is 0.858. The Balaban J connectivity index is 1.85. The van der Waals surface area contributed by atoms with Crippen molar-refractivity contribution < 1.29 is 19.4 Å². The summed E-state index contributed by atoms with van der Waals surface area (Å²) in [5.41, 5.74) is -0.775. The fourth-order valence-corrected chi connectivity index (χ4v) is 3.20. The molecule has 2 heterocycles. The van der Waals surface area contributed by atoms with Crippen molar-refractivity contribution in [1.82, 2.24) is 10.2 Å². The second kappa shape index (κ2) is 7.22. The molecule has 2 N–H and O–H groups in total. The zero-order valence-electron chi connectivity index (χ0n) is 12.8. The van der Waals surface area contributed by atoms with Gasteiger partial charge in [0.2, 0.25) is 5.91 Å². The quantitative estimate of drug-likeness (QED) is 0.787. The van der Waals surface area contributed by atoms with Gasteiger partial charge in [0.05, 0.1) is 11.5 Å². The summed E-state index contributed by atoms with van der Waals surface area (Å²) in [6.45, 7) is 4.77. The molecule has 6 nitrogen and oxygen atoms in total. The first-order chi connectivity index (χ1) is 10.1. The molecule has 0 aromatic carbocycles. The molecule has 1 atom stereocenters. The Labute approximate surface area is 125 Å². The van der Waals surface area contributed by atoms with Gasteiger partial charge >= 0.3 is 5.97 Å². The molecular weight excluding hydrogens is 272 g/mol.